The molecular weight excluding hydrogens is 260 g/mol. The van der Waals surface area contributed by atoms with E-state index in [1.54, 1.807) is 44.8 Å². The van der Waals surface area contributed by atoms with Gasteiger partial charge in [-0.15, -0.1) is 0 Å². The number of phenols is 3. The number of carbonyl (C=O) groups excluding carboxylic acids is 1. The predicted molar refractivity (Wildman–Crippen MR) is 75.6 cm³/mol. The zero-order valence-electron chi connectivity index (χ0n) is 11.3. The lowest BCUT2D eigenvalue weighted by Gasteiger charge is -1.94. The molecule has 0 heterocycles. The van der Waals surface area contributed by atoms with Gasteiger partial charge in [0.25, 0.3) is 0 Å². The van der Waals surface area contributed by atoms with Crippen molar-refractivity contribution in [3.8, 4) is 17.2 Å². The van der Waals surface area contributed by atoms with Gasteiger partial charge in [-0.3, -0.25) is 4.79 Å². The zero-order valence-corrected chi connectivity index (χ0v) is 11.3. The summed E-state index contributed by atoms with van der Waals surface area (Å²) in [6.45, 7) is 0. The summed E-state index contributed by atoms with van der Waals surface area (Å²) in [6.07, 6.45) is 1.78. The molecule has 2 aromatic carbocycles. The fourth-order valence-electron chi connectivity index (χ4n) is 1.09. The fourth-order valence-corrected chi connectivity index (χ4v) is 1.09. The highest BCUT2D eigenvalue weighted by atomic mass is 16.4. The van der Waals surface area contributed by atoms with Gasteiger partial charge in [-0.2, -0.15) is 0 Å². The number of benzene rings is 2. The van der Waals surface area contributed by atoms with Crippen LogP contribution in [-0.2, 0) is 9.53 Å². The van der Waals surface area contributed by atoms with Crippen LogP contribution in [0.5, 0.6) is 17.2 Å². The molecule has 0 aliphatic carbocycles. The first kappa shape index (κ1) is 17.5. The van der Waals surface area contributed by atoms with Gasteiger partial charge in [0.05, 0.1) is 0 Å². The van der Waals surface area contributed by atoms with Crippen molar-refractivity contribution in [1.29, 1.82) is 0 Å². The monoisotopic (exact) mass is 277 g/mol. The summed E-state index contributed by atoms with van der Waals surface area (Å²) < 4.78 is 4.25. The standard InChI is InChI=1S/C7H5O.C6H6O3.C2H6O/c8-6-7-4-2-1-3-5-7;7-4-1-5(8)3-6(9)2-4;1-3-2/h1-5H;1-3,7-9H;1-2H3. The third-order valence-corrected chi connectivity index (χ3v) is 1.78. The maximum Gasteiger partial charge on any atom is 0.233 e. The summed E-state index contributed by atoms with van der Waals surface area (Å²) in [5.41, 5.74) is 0.604. The number of hydrogen-bond donors (Lipinski definition) is 3. The average Bonchev–Trinajstić information content (AvgIpc) is 2.39. The Morgan fingerprint density at radius 2 is 1.20 bits per heavy atom. The van der Waals surface area contributed by atoms with Gasteiger partial charge in [-0.1, -0.05) is 30.3 Å². The first-order valence-electron chi connectivity index (χ1n) is 5.58. The van der Waals surface area contributed by atoms with Crippen LogP contribution in [0.4, 0.5) is 0 Å². The molecule has 0 fully saturated rings. The van der Waals surface area contributed by atoms with Crippen LogP contribution >= 0.6 is 0 Å². The van der Waals surface area contributed by atoms with Crippen molar-refractivity contribution < 1.29 is 24.9 Å². The molecule has 0 spiro atoms. The molecule has 2 rings (SSSR count). The van der Waals surface area contributed by atoms with Gasteiger partial charge in [0.1, 0.15) is 17.2 Å². The molecule has 0 aliphatic rings. The minimum Gasteiger partial charge on any atom is -0.508 e. The van der Waals surface area contributed by atoms with E-state index in [0.29, 0.717) is 5.56 Å². The number of hydrogen-bond acceptors (Lipinski definition) is 5. The van der Waals surface area contributed by atoms with Crippen LogP contribution in [-0.4, -0.2) is 35.8 Å². The first-order valence-corrected chi connectivity index (χ1v) is 5.58. The van der Waals surface area contributed by atoms with Crippen molar-refractivity contribution in [2.75, 3.05) is 14.2 Å². The van der Waals surface area contributed by atoms with Crippen molar-refractivity contribution in [2.24, 2.45) is 0 Å². The average molecular weight is 277 g/mol. The smallest absolute Gasteiger partial charge is 0.233 e. The molecule has 0 aromatic heterocycles. The minimum absolute atomic E-state index is 0.146. The van der Waals surface area contributed by atoms with Gasteiger partial charge >= 0.3 is 0 Å². The van der Waals surface area contributed by atoms with E-state index < -0.39 is 0 Å². The molecule has 0 atom stereocenters. The van der Waals surface area contributed by atoms with E-state index in [0.717, 1.165) is 18.2 Å². The Labute approximate surface area is 117 Å². The van der Waals surface area contributed by atoms with Gasteiger partial charge in [0.15, 0.2) is 0 Å². The highest BCUT2D eigenvalue weighted by Crippen LogP contribution is 2.23. The third-order valence-electron chi connectivity index (χ3n) is 1.78. The summed E-state index contributed by atoms with van der Waals surface area (Å²) >= 11 is 0. The van der Waals surface area contributed by atoms with Crippen LogP contribution in [0.15, 0.2) is 48.5 Å². The Kier molecular flexibility index (Phi) is 9.08. The van der Waals surface area contributed by atoms with Gasteiger partial charge in [-0.25, -0.2) is 0 Å². The lowest BCUT2D eigenvalue weighted by atomic mass is 10.2. The van der Waals surface area contributed by atoms with Crippen LogP contribution in [0, 0.1) is 0 Å². The summed E-state index contributed by atoms with van der Waals surface area (Å²) in [6, 6.07) is 12.3. The largest absolute Gasteiger partial charge is 0.508 e. The third kappa shape index (κ3) is 8.54. The topological polar surface area (TPSA) is 87.0 Å². The van der Waals surface area contributed by atoms with Crippen LogP contribution in [0.2, 0.25) is 0 Å². The Morgan fingerprint density at radius 1 is 0.850 bits per heavy atom. The second-order valence-electron chi connectivity index (χ2n) is 3.58. The van der Waals surface area contributed by atoms with Gasteiger partial charge in [0.2, 0.25) is 6.29 Å². The molecule has 1 radical (unpaired) electrons. The molecule has 2 aromatic rings. The summed E-state index contributed by atoms with van der Waals surface area (Å²) in [7, 11) is 3.25. The maximum atomic E-state index is 9.88. The number of ether oxygens (including phenoxy) is 1. The quantitative estimate of drug-likeness (QED) is 0.744. The molecule has 20 heavy (non-hydrogen) atoms. The van der Waals surface area contributed by atoms with E-state index in [1.165, 1.54) is 0 Å². The van der Waals surface area contributed by atoms with E-state index in [9.17, 15) is 4.79 Å². The molecule has 0 unspecified atom stereocenters. The summed E-state index contributed by atoms with van der Waals surface area (Å²) in [4.78, 5) is 9.88. The second-order valence-corrected chi connectivity index (χ2v) is 3.58. The number of methoxy groups -OCH3 is 1. The van der Waals surface area contributed by atoms with Crippen LogP contribution in [0.25, 0.3) is 0 Å². The van der Waals surface area contributed by atoms with Gasteiger partial charge in [0, 0.05) is 38.0 Å². The maximum absolute atomic E-state index is 9.88. The SMILES string of the molecule is COC.O=[C]c1ccccc1.Oc1cc(O)cc(O)c1. The van der Waals surface area contributed by atoms with Crippen LogP contribution in [0.1, 0.15) is 5.56 Å². The van der Waals surface area contributed by atoms with E-state index in [-0.39, 0.29) is 17.2 Å². The summed E-state index contributed by atoms with van der Waals surface area (Å²) in [5.74, 6) is -0.437. The van der Waals surface area contributed by atoms with Gasteiger partial charge < -0.3 is 20.1 Å². The van der Waals surface area contributed by atoms with E-state index in [1.807, 2.05) is 6.07 Å². The number of aromatic hydroxyl groups is 3. The van der Waals surface area contributed by atoms with Crippen molar-refractivity contribution in [3.05, 3.63) is 54.1 Å². The molecule has 0 saturated carbocycles. The second kappa shape index (κ2) is 10.4. The fraction of sp³-hybridized carbons (Fsp3) is 0.133. The van der Waals surface area contributed by atoms with Crippen molar-refractivity contribution >= 4 is 6.29 Å². The Hall–Kier alpha value is -2.53. The van der Waals surface area contributed by atoms with Crippen LogP contribution in [0.3, 0.4) is 0 Å². The molecule has 5 nitrogen and oxygen atoms in total. The number of rotatable bonds is 1. The Bertz CT molecular complexity index is 446. The molecule has 107 valence electrons. The molecule has 0 amide bonds. The van der Waals surface area contributed by atoms with Crippen molar-refractivity contribution in [1.82, 2.24) is 0 Å². The Morgan fingerprint density at radius 3 is 1.45 bits per heavy atom. The molecule has 0 saturated heterocycles. The number of phenolic OH excluding ortho intramolecular Hbond substituents is 3. The van der Waals surface area contributed by atoms with E-state index >= 15 is 0 Å². The Balaban J connectivity index is 0.000000304. The lowest BCUT2D eigenvalue weighted by molar-refractivity contribution is 0.277. The molecule has 0 aliphatic heterocycles. The highest BCUT2D eigenvalue weighted by molar-refractivity contribution is 5.74. The van der Waals surface area contributed by atoms with Crippen molar-refractivity contribution in [2.45, 2.75) is 0 Å². The molecule has 3 N–H and O–H groups in total. The molecule has 5 heteroatoms. The van der Waals surface area contributed by atoms with Crippen molar-refractivity contribution in [3.63, 3.8) is 0 Å². The summed E-state index contributed by atoms with van der Waals surface area (Å²) in [5, 5.41) is 26.0. The van der Waals surface area contributed by atoms with E-state index in [4.69, 9.17) is 15.3 Å². The first-order chi connectivity index (χ1) is 9.53. The molecular formula is C15H17O5. The van der Waals surface area contributed by atoms with Crippen LogP contribution < -0.4 is 0 Å². The minimum atomic E-state index is -0.146. The van der Waals surface area contributed by atoms with E-state index in [2.05, 4.69) is 4.74 Å². The normalized spacial score (nSPS) is 8.50. The highest BCUT2D eigenvalue weighted by Gasteiger charge is 1.94. The zero-order chi connectivity index (χ0) is 15.4. The predicted octanol–water partition coefficient (Wildman–Crippen LogP) is 2.21. The van der Waals surface area contributed by atoms with Gasteiger partial charge in [-0.05, 0) is 0 Å². The molecule has 0 bridgehead atoms. The lowest BCUT2D eigenvalue weighted by Crippen LogP contribution is -1.73.